The maximum Gasteiger partial charge on any atom is 0.208 e. The normalized spacial score (nSPS) is 14.4. The van der Waals surface area contributed by atoms with Gasteiger partial charge in [-0.25, -0.2) is 0 Å². The lowest BCUT2D eigenvalue weighted by Crippen LogP contribution is -2.40. The number of hydrogen-bond donors (Lipinski definition) is 2. The van der Waals surface area contributed by atoms with Gasteiger partial charge in [0.25, 0.3) is 0 Å². The lowest BCUT2D eigenvalue weighted by molar-refractivity contribution is -0.159. The van der Waals surface area contributed by atoms with E-state index in [1.165, 1.54) is 6.92 Å². The van der Waals surface area contributed by atoms with Crippen LogP contribution in [0.1, 0.15) is 39.8 Å². The van der Waals surface area contributed by atoms with Crippen LogP contribution in [0.4, 0.5) is 0 Å². The van der Waals surface area contributed by atoms with Crippen LogP contribution >= 0.6 is 0 Å². The second-order valence-corrected chi connectivity index (χ2v) is 7.43. The molecule has 1 unspecified atom stereocenters. The molecule has 0 aliphatic rings. The highest BCUT2D eigenvalue weighted by Gasteiger charge is 2.31. The van der Waals surface area contributed by atoms with Gasteiger partial charge in [0.15, 0.2) is 0 Å². The zero-order chi connectivity index (χ0) is 18.9. The van der Waals surface area contributed by atoms with Gasteiger partial charge in [-0.15, -0.1) is 0 Å². The van der Waals surface area contributed by atoms with E-state index >= 15 is 0 Å². The van der Waals surface area contributed by atoms with E-state index in [9.17, 15) is 10.2 Å². The molecule has 26 heavy (non-hydrogen) atoms. The van der Waals surface area contributed by atoms with E-state index < -0.39 is 11.4 Å². The van der Waals surface area contributed by atoms with Gasteiger partial charge in [-0.2, -0.15) is 0 Å². The molecule has 0 fully saturated rings. The first kappa shape index (κ1) is 18.4. The first-order valence-corrected chi connectivity index (χ1v) is 8.78. The predicted octanol–water partition coefficient (Wildman–Crippen LogP) is 4.31. The van der Waals surface area contributed by atoms with Crippen LogP contribution in [-0.2, 0) is 6.42 Å². The van der Waals surface area contributed by atoms with Crippen LogP contribution in [0, 0.1) is 0 Å². The van der Waals surface area contributed by atoms with Crippen molar-refractivity contribution in [1.29, 1.82) is 0 Å². The van der Waals surface area contributed by atoms with Crippen LogP contribution in [0.3, 0.4) is 0 Å². The van der Waals surface area contributed by atoms with Crippen molar-refractivity contribution < 1.29 is 19.4 Å². The molecule has 0 radical (unpaired) electrons. The van der Waals surface area contributed by atoms with Gasteiger partial charge < -0.3 is 19.4 Å². The number of hydrogen-bond acceptors (Lipinski definition) is 5. The molecule has 1 atom stereocenters. The predicted molar refractivity (Wildman–Crippen MR) is 101 cm³/mol. The summed E-state index contributed by atoms with van der Waals surface area (Å²) in [6, 6.07) is 11.3. The molecule has 2 heterocycles. The van der Waals surface area contributed by atoms with E-state index in [2.05, 4.69) is 11.9 Å². The van der Waals surface area contributed by atoms with Crippen molar-refractivity contribution in [2.24, 2.45) is 0 Å². The standard InChI is InChI=1S/C21H25NO4/c1-5-17-16(7-6-10-22-17)19-11-14-8-9-15(12-18(14)25-19)26-21(4,24)13-20(2,3)23/h6-12,23-24H,5,13H2,1-4H3. The van der Waals surface area contributed by atoms with Gasteiger partial charge in [0.2, 0.25) is 5.79 Å². The molecule has 0 bridgehead atoms. The average Bonchev–Trinajstić information content (AvgIpc) is 2.95. The lowest BCUT2D eigenvalue weighted by Gasteiger charge is -2.30. The van der Waals surface area contributed by atoms with Crippen LogP contribution in [0.15, 0.2) is 47.0 Å². The maximum absolute atomic E-state index is 10.4. The van der Waals surface area contributed by atoms with Crippen molar-refractivity contribution in [2.45, 2.75) is 51.9 Å². The fraction of sp³-hybridized carbons (Fsp3) is 0.381. The monoisotopic (exact) mass is 355 g/mol. The number of benzene rings is 1. The molecule has 5 heteroatoms. The third kappa shape index (κ3) is 4.23. The number of aromatic nitrogens is 1. The zero-order valence-electron chi connectivity index (χ0n) is 15.6. The number of fused-ring (bicyclic) bond motifs is 1. The fourth-order valence-corrected chi connectivity index (χ4v) is 3.24. The van der Waals surface area contributed by atoms with Crippen molar-refractivity contribution >= 4 is 11.0 Å². The van der Waals surface area contributed by atoms with Crippen molar-refractivity contribution in [3.8, 4) is 17.1 Å². The Bertz CT molecular complexity index is 906. The third-order valence-electron chi connectivity index (χ3n) is 4.08. The molecule has 2 N–H and O–H groups in total. The molecule has 5 nitrogen and oxygen atoms in total. The topological polar surface area (TPSA) is 75.7 Å². The van der Waals surface area contributed by atoms with Crippen molar-refractivity contribution in [3.63, 3.8) is 0 Å². The second-order valence-electron chi connectivity index (χ2n) is 7.43. The van der Waals surface area contributed by atoms with Gasteiger partial charge in [-0.05, 0) is 50.6 Å². The van der Waals surface area contributed by atoms with Crippen molar-refractivity contribution in [1.82, 2.24) is 4.98 Å². The summed E-state index contributed by atoms with van der Waals surface area (Å²) in [5.41, 5.74) is 1.59. The number of aryl methyl sites for hydroxylation is 1. The molecule has 1 aromatic carbocycles. The zero-order valence-corrected chi connectivity index (χ0v) is 15.6. The molecule has 0 spiro atoms. The first-order chi connectivity index (χ1) is 12.2. The summed E-state index contributed by atoms with van der Waals surface area (Å²) in [6.07, 6.45) is 2.68. The highest BCUT2D eigenvalue weighted by molar-refractivity contribution is 5.84. The van der Waals surface area contributed by atoms with Gasteiger partial charge in [0.1, 0.15) is 17.1 Å². The van der Waals surface area contributed by atoms with E-state index in [4.69, 9.17) is 9.15 Å². The van der Waals surface area contributed by atoms with Gasteiger partial charge in [0, 0.05) is 36.6 Å². The highest BCUT2D eigenvalue weighted by atomic mass is 16.6. The first-order valence-electron chi connectivity index (χ1n) is 8.78. The lowest BCUT2D eigenvalue weighted by atomic mass is 9.99. The number of rotatable bonds is 6. The molecule has 0 saturated carbocycles. The second kappa shape index (κ2) is 6.74. The van der Waals surface area contributed by atoms with E-state index in [1.807, 2.05) is 24.3 Å². The summed E-state index contributed by atoms with van der Waals surface area (Å²) in [4.78, 5) is 4.40. The summed E-state index contributed by atoms with van der Waals surface area (Å²) in [5.74, 6) is -0.250. The number of furan rings is 1. The van der Waals surface area contributed by atoms with Gasteiger partial charge >= 0.3 is 0 Å². The summed E-state index contributed by atoms with van der Waals surface area (Å²) in [7, 11) is 0. The molecule has 0 aliphatic heterocycles. The van der Waals surface area contributed by atoms with Gasteiger partial charge in [-0.1, -0.05) is 6.92 Å². The minimum absolute atomic E-state index is 0.0803. The molecular weight excluding hydrogens is 330 g/mol. The van der Waals surface area contributed by atoms with E-state index in [1.54, 1.807) is 32.2 Å². The number of pyridine rings is 1. The van der Waals surface area contributed by atoms with Crippen LogP contribution in [0.5, 0.6) is 5.75 Å². The third-order valence-corrected chi connectivity index (χ3v) is 4.08. The molecule has 2 aromatic heterocycles. The van der Waals surface area contributed by atoms with Crippen LogP contribution < -0.4 is 4.74 Å². The SMILES string of the molecule is CCc1ncccc1-c1cc2ccc(OC(C)(O)CC(C)(C)O)cc2o1. The minimum atomic E-state index is -1.49. The maximum atomic E-state index is 10.4. The Morgan fingerprint density at radius 1 is 1.12 bits per heavy atom. The molecule has 3 aromatic rings. The summed E-state index contributed by atoms with van der Waals surface area (Å²) in [6.45, 7) is 6.86. The largest absolute Gasteiger partial charge is 0.463 e. The molecular formula is C21H25NO4. The Kier molecular flexibility index (Phi) is 4.78. The molecule has 0 saturated heterocycles. The van der Waals surface area contributed by atoms with Gasteiger partial charge in [0.05, 0.1) is 11.3 Å². The van der Waals surface area contributed by atoms with E-state index in [0.29, 0.717) is 11.3 Å². The Morgan fingerprint density at radius 3 is 2.58 bits per heavy atom. The average molecular weight is 355 g/mol. The fourth-order valence-electron chi connectivity index (χ4n) is 3.24. The number of nitrogens with zero attached hydrogens (tertiary/aromatic N) is 1. The van der Waals surface area contributed by atoms with E-state index in [0.717, 1.165) is 28.8 Å². The molecule has 3 rings (SSSR count). The van der Waals surface area contributed by atoms with E-state index in [-0.39, 0.29) is 6.42 Å². The molecule has 0 aliphatic carbocycles. The summed E-state index contributed by atoms with van der Waals surface area (Å²) < 4.78 is 11.7. The van der Waals surface area contributed by atoms with Gasteiger partial charge in [-0.3, -0.25) is 4.98 Å². The Labute approximate surface area is 153 Å². The van der Waals surface area contributed by atoms with Crippen LogP contribution in [0.25, 0.3) is 22.3 Å². The Balaban J connectivity index is 1.90. The number of ether oxygens (including phenoxy) is 1. The summed E-state index contributed by atoms with van der Waals surface area (Å²) >= 11 is 0. The highest BCUT2D eigenvalue weighted by Crippen LogP contribution is 2.33. The smallest absolute Gasteiger partial charge is 0.208 e. The quantitative estimate of drug-likeness (QED) is 0.645. The Morgan fingerprint density at radius 2 is 1.88 bits per heavy atom. The molecule has 138 valence electrons. The molecule has 0 amide bonds. The summed E-state index contributed by atoms with van der Waals surface area (Å²) in [5, 5.41) is 21.3. The Hall–Kier alpha value is -2.37. The minimum Gasteiger partial charge on any atom is -0.463 e. The van der Waals surface area contributed by atoms with Crippen molar-refractivity contribution in [2.75, 3.05) is 0 Å². The van der Waals surface area contributed by atoms with Crippen LogP contribution in [0.2, 0.25) is 0 Å². The van der Waals surface area contributed by atoms with Crippen molar-refractivity contribution in [3.05, 3.63) is 48.3 Å². The van der Waals surface area contributed by atoms with Crippen LogP contribution in [-0.4, -0.2) is 26.6 Å². The number of aliphatic hydroxyl groups is 2.